The number of rotatable bonds is 5. The Morgan fingerprint density at radius 3 is 2.81 bits per heavy atom. The highest BCUT2D eigenvalue weighted by Crippen LogP contribution is 2.26. The van der Waals surface area contributed by atoms with E-state index in [9.17, 15) is 4.79 Å². The standard InChI is InChI=1S/C23H23N5O3S/c1-15-24-19(14-32-15)23(29)27-10-11-31-20(13-27)18-12-28-21(4-3-5-22(28)26-18)25-16-6-8-17(30-2)9-7-16/h3-9,12,14,20,25H,10-11,13H2,1-2H3/t20-/m1/s1. The zero-order chi connectivity index (χ0) is 22.1. The average molecular weight is 450 g/mol. The van der Waals surface area contributed by atoms with Crippen molar-refractivity contribution in [3.8, 4) is 5.75 Å². The number of amides is 1. The number of hydrogen-bond donors (Lipinski definition) is 1. The van der Waals surface area contributed by atoms with E-state index in [2.05, 4.69) is 10.3 Å². The van der Waals surface area contributed by atoms with E-state index in [4.69, 9.17) is 14.5 Å². The van der Waals surface area contributed by atoms with Crippen molar-refractivity contribution in [3.63, 3.8) is 0 Å². The number of anilines is 2. The first-order chi connectivity index (χ1) is 15.6. The van der Waals surface area contributed by atoms with Gasteiger partial charge in [0.1, 0.15) is 29.0 Å². The third-order valence-corrected chi connectivity index (χ3v) is 6.17. The van der Waals surface area contributed by atoms with Gasteiger partial charge in [-0.1, -0.05) is 6.07 Å². The summed E-state index contributed by atoms with van der Waals surface area (Å²) in [5, 5.41) is 6.11. The van der Waals surface area contributed by atoms with Crippen molar-refractivity contribution < 1.29 is 14.3 Å². The lowest BCUT2D eigenvalue weighted by Gasteiger charge is -2.31. The third-order valence-electron chi connectivity index (χ3n) is 5.39. The molecular weight excluding hydrogens is 426 g/mol. The van der Waals surface area contributed by atoms with Crippen LogP contribution in [0.3, 0.4) is 0 Å². The van der Waals surface area contributed by atoms with E-state index in [-0.39, 0.29) is 12.0 Å². The lowest BCUT2D eigenvalue weighted by atomic mass is 10.2. The number of methoxy groups -OCH3 is 1. The highest BCUT2D eigenvalue weighted by atomic mass is 32.1. The predicted octanol–water partition coefficient (Wildman–Crippen LogP) is 4.07. The maximum atomic E-state index is 12.8. The number of carbonyl (C=O) groups is 1. The van der Waals surface area contributed by atoms with Crippen molar-refractivity contribution in [2.24, 2.45) is 0 Å². The smallest absolute Gasteiger partial charge is 0.273 e. The molecule has 1 saturated heterocycles. The van der Waals surface area contributed by atoms with Gasteiger partial charge in [0, 0.05) is 23.8 Å². The number of imidazole rings is 1. The van der Waals surface area contributed by atoms with Gasteiger partial charge in [-0.25, -0.2) is 9.97 Å². The summed E-state index contributed by atoms with van der Waals surface area (Å²) in [7, 11) is 1.65. The molecule has 0 aliphatic carbocycles. The Hall–Kier alpha value is -3.43. The number of morpholine rings is 1. The van der Waals surface area contributed by atoms with Gasteiger partial charge in [-0.3, -0.25) is 9.20 Å². The van der Waals surface area contributed by atoms with Crippen LogP contribution >= 0.6 is 11.3 Å². The van der Waals surface area contributed by atoms with E-state index in [0.717, 1.165) is 33.6 Å². The first kappa shape index (κ1) is 20.5. The van der Waals surface area contributed by atoms with Gasteiger partial charge in [-0.15, -0.1) is 11.3 Å². The Morgan fingerprint density at radius 1 is 1.22 bits per heavy atom. The molecule has 0 saturated carbocycles. The summed E-state index contributed by atoms with van der Waals surface area (Å²) in [6, 6.07) is 13.6. The second kappa shape index (κ2) is 8.60. The molecule has 1 amide bonds. The number of hydrogen-bond acceptors (Lipinski definition) is 7. The fourth-order valence-electron chi connectivity index (χ4n) is 3.75. The van der Waals surface area contributed by atoms with E-state index in [0.29, 0.717) is 25.4 Å². The average Bonchev–Trinajstić information content (AvgIpc) is 3.46. The number of aryl methyl sites for hydroxylation is 1. The molecule has 1 N–H and O–H groups in total. The van der Waals surface area contributed by atoms with Crippen molar-refractivity contribution in [1.82, 2.24) is 19.3 Å². The Balaban J connectivity index is 1.37. The topological polar surface area (TPSA) is 81.0 Å². The van der Waals surface area contributed by atoms with Crippen LogP contribution in [0.4, 0.5) is 11.5 Å². The van der Waals surface area contributed by atoms with E-state index in [1.165, 1.54) is 11.3 Å². The van der Waals surface area contributed by atoms with Crippen LogP contribution in [0.15, 0.2) is 54.0 Å². The highest BCUT2D eigenvalue weighted by molar-refractivity contribution is 7.09. The minimum atomic E-state index is -0.291. The Morgan fingerprint density at radius 2 is 2.06 bits per heavy atom. The molecule has 5 rings (SSSR count). The van der Waals surface area contributed by atoms with E-state index < -0.39 is 0 Å². The normalized spacial score (nSPS) is 16.3. The summed E-state index contributed by atoms with van der Waals surface area (Å²) >= 11 is 1.48. The number of fused-ring (bicyclic) bond motifs is 1. The van der Waals surface area contributed by atoms with Crippen LogP contribution in [0, 0.1) is 6.92 Å². The molecule has 1 fully saturated rings. The monoisotopic (exact) mass is 449 g/mol. The van der Waals surface area contributed by atoms with E-state index >= 15 is 0 Å². The fourth-order valence-corrected chi connectivity index (χ4v) is 4.33. The number of benzene rings is 1. The third kappa shape index (κ3) is 4.04. The molecule has 8 nitrogen and oxygen atoms in total. The largest absolute Gasteiger partial charge is 0.497 e. The molecule has 4 heterocycles. The first-order valence-corrected chi connectivity index (χ1v) is 11.2. The molecule has 1 aromatic carbocycles. The molecule has 1 aliphatic rings. The van der Waals surface area contributed by atoms with Crippen molar-refractivity contribution in [2.75, 3.05) is 32.1 Å². The summed E-state index contributed by atoms with van der Waals surface area (Å²) in [6.07, 6.45) is 1.67. The molecule has 9 heteroatoms. The van der Waals surface area contributed by atoms with Crippen molar-refractivity contribution in [2.45, 2.75) is 13.0 Å². The molecule has 164 valence electrons. The summed E-state index contributed by atoms with van der Waals surface area (Å²) in [5.41, 5.74) is 3.04. The minimum absolute atomic E-state index is 0.0618. The molecule has 1 atom stereocenters. The van der Waals surface area contributed by atoms with Crippen LogP contribution in [-0.2, 0) is 4.74 Å². The van der Waals surface area contributed by atoms with Crippen molar-refractivity contribution >= 4 is 34.4 Å². The van der Waals surface area contributed by atoms with Crippen LogP contribution < -0.4 is 10.1 Å². The zero-order valence-corrected chi connectivity index (χ0v) is 18.6. The van der Waals surface area contributed by atoms with Gasteiger partial charge < -0.3 is 19.7 Å². The summed E-state index contributed by atoms with van der Waals surface area (Å²) in [5.74, 6) is 1.63. The van der Waals surface area contributed by atoms with Gasteiger partial charge >= 0.3 is 0 Å². The molecule has 0 spiro atoms. The second-order valence-electron chi connectivity index (χ2n) is 7.52. The highest BCUT2D eigenvalue weighted by Gasteiger charge is 2.29. The molecule has 32 heavy (non-hydrogen) atoms. The van der Waals surface area contributed by atoms with E-state index in [1.807, 2.05) is 65.4 Å². The number of carbonyl (C=O) groups excluding carboxylic acids is 1. The SMILES string of the molecule is COc1ccc(Nc2cccc3nc([C@H]4CN(C(=O)c5csc(C)n5)CCO4)cn23)cc1. The molecule has 1 aliphatic heterocycles. The molecular formula is C23H23N5O3S. The zero-order valence-electron chi connectivity index (χ0n) is 17.8. The van der Waals surface area contributed by atoms with Crippen LogP contribution in [0.1, 0.15) is 27.3 Å². The van der Waals surface area contributed by atoms with E-state index in [1.54, 1.807) is 12.0 Å². The Labute approximate surface area is 189 Å². The number of nitrogens with zero attached hydrogens (tertiary/aromatic N) is 4. The maximum Gasteiger partial charge on any atom is 0.273 e. The number of thiazole rings is 1. The van der Waals surface area contributed by atoms with Crippen molar-refractivity contribution in [3.05, 3.63) is 70.4 Å². The Bertz CT molecular complexity index is 1250. The quantitative estimate of drug-likeness (QED) is 0.495. The van der Waals surface area contributed by atoms with Gasteiger partial charge in [0.15, 0.2) is 0 Å². The van der Waals surface area contributed by atoms with Gasteiger partial charge in [0.05, 0.1) is 31.0 Å². The minimum Gasteiger partial charge on any atom is -0.497 e. The van der Waals surface area contributed by atoms with Crippen LogP contribution in [0.2, 0.25) is 0 Å². The summed E-state index contributed by atoms with van der Waals surface area (Å²) < 4.78 is 13.2. The van der Waals surface area contributed by atoms with Gasteiger partial charge in [-0.2, -0.15) is 0 Å². The maximum absolute atomic E-state index is 12.8. The van der Waals surface area contributed by atoms with Crippen molar-refractivity contribution in [1.29, 1.82) is 0 Å². The molecule has 3 aromatic heterocycles. The molecule has 0 unspecified atom stereocenters. The predicted molar refractivity (Wildman–Crippen MR) is 123 cm³/mol. The molecule has 0 radical (unpaired) electrons. The molecule has 4 aromatic rings. The lowest BCUT2D eigenvalue weighted by Crippen LogP contribution is -2.42. The summed E-state index contributed by atoms with van der Waals surface area (Å²) in [4.78, 5) is 23.7. The van der Waals surface area contributed by atoms with Gasteiger partial charge in [0.25, 0.3) is 5.91 Å². The number of nitrogens with one attached hydrogen (secondary N) is 1. The fraction of sp³-hybridized carbons (Fsp3) is 0.261. The number of pyridine rings is 1. The summed E-state index contributed by atoms with van der Waals surface area (Å²) in [6.45, 7) is 3.35. The van der Waals surface area contributed by atoms with Crippen LogP contribution in [-0.4, -0.2) is 52.0 Å². The van der Waals surface area contributed by atoms with Gasteiger partial charge in [-0.05, 0) is 43.3 Å². The van der Waals surface area contributed by atoms with Crippen LogP contribution in [0.25, 0.3) is 5.65 Å². The Kier molecular flexibility index (Phi) is 5.50. The number of ether oxygens (including phenoxy) is 2. The molecule has 0 bridgehead atoms. The van der Waals surface area contributed by atoms with Gasteiger partial charge in [0.2, 0.25) is 0 Å². The second-order valence-corrected chi connectivity index (χ2v) is 8.58. The lowest BCUT2D eigenvalue weighted by molar-refractivity contribution is -0.0246. The first-order valence-electron chi connectivity index (χ1n) is 10.3. The number of aromatic nitrogens is 3. The van der Waals surface area contributed by atoms with Crippen LogP contribution in [0.5, 0.6) is 5.75 Å².